The van der Waals surface area contributed by atoms with Crippen LogP contribution < -0.4 is 5.32 Å². The molecule has 3 fully saturated rings. The normalized spacial score (nSPS) is 34.5. The highest BCUT2D eigenvalue weighted by Gasteiger charge is 2.44. The van der Waals surface area contributed by atoms with Gasteiger partial charge in [0.1, 0.15) is 0 Å². The molecule has 0 aliphatic carbocycles. The number of carbonyl (C=O) groups is 1. The van der Waals surface area contributed by atoms with E-state index in [1.165, 1.54) is 38.8 Å². The summed E-state index contributed by atoms with van der Waals surface area (Å²) in [6, 6.07) is 0.627. The van der Waals surface area contributed by atoms with Gasteiger partial charge in [0.25, 0.3) is 0 Å². The summed E-state index contributed by atoms with van der Waals surface area (Å²) in [6.07, 6.45) is 8.44. The van der Waals surface area contributed by atoms with Gasteiger partial charge in [-0.2, -0.15) is 0 Å². The number of rotatable bonds is 4. The van der Waals surface area contributed by atoms with Crippen LogP contribution in [0.3, 0.4) is 0 Å². The lowest BCUT2D eigenvalue weighted by atomic mass is 9.81. The SMILES string of the molecule is CCCC1(C(=O)N2CCC(N3CCCCC3)C2)CCNC1. The monoisotopic (exact) mass is 293 g/mol. The second kappa shape index (κ2) is 6.66. The standard InChI is InChI=1S/C17H31N3O/c1-2-7-17(8-9-18-14-17)16(21)20-12-6-15(13-20)19-10-4-3-5-11-19/h15,18H,2-14H2,1H3. The molecule has 1 amide bonds. The van der Waals surface area contributed by atoms with Crippen molar-refractivity contribution in [2.24, 2.45) is 5.41 Å². The van der Waals surface area contributed by atoms with E-state index in [2.05, 4.69) is 22.0 Å². The molecule has 0 aromatic heterocycles. The molecule has 0 bridgehead atoms. The Balaban J connectivity index is 1.60. The fraction of sp³-hybridized carbons (Fsp3) is 0.941. The number of carbonyl (C=O) groups excluding carboxylic acids is 1. The van der Waals surface area contributed by atoms with Crippen molar-refractivity contribution in [3.63, 3.8) is 0 Å². The molecule has 2 unspecified atom stereocenters. The van der Waals surface area contributed by atoms with Crippen molar-refractivity contribution in [2.75, 3.05) is 39.3 Å². The van der Waals surface area contributed by atoms with E-state index in [9.17, 15) is 4.79 Å². The predicted octanol–water partition coefficient (Wildman–Crippen LogP) is 1.85. The quantitative estimate of drug-likeness (QED) is 0.859. The number of amides is 1. The zero-order chi connectivity index (χ0) is 14.7. The highest BCUT2D eigenvalue weighted by molar-refractivity contribution is 5.83. The van der Waals surface area contributed by atoms with Gasteiger partial charge >= 0.3 is 0 Å². The lowest BCUT2D eigenvalue weighted by Crippen LogP contribution is -2.46. The highest BCUT2D eigenvalue weighted by Crippen LogP contribution is 2.35. The summed E-state index contributed by atoms with van der Waals surface area (Å²) in [5.41, 5.74) is -0.0917. The van der Waals surface area contributed by atoms with E-state index >= 15 is 0 Å². The molecular weight excluding hydrogens is 262 g/mol. The summed E-state index contributed by atoms with van der Waals surface area (Å²) in [5.74, 6) is 0.439. The van der Waals surface area contributed by atoms with Gasteiger partial charge in [0.15, 0.2) is 0 Å². The zero-order valence-corrected chi connectivity index (χ0v) is 13.6. The van der Waals surface area contributed by atoms with Crippen molar-refractivity contribution in [3.05, 3.63) is 0 Å². The molecule has 3 aliphatic rings. The Morgan fingerprint density at radius 1 is 1.24 bits per heavy atom. The minimum Gasteiger partial charge on any atom is -0.341 e. The molecule has 120 valence electrons. The zero-order valence-electron chi connectivity index (χ0n) is 13.6. The Hall–Kier alpha value is -0.610. The molecule has 4 nitrogen and oxygen atoms in total. The van der Waals surface area contributed by atoms with Crippen LogP contribution in [0.1, 0.15) is 51.9 Å². The Morgan fingerprint density at radius 2 is 2.05 bits per heavy atom. The first-order chi connectivity index (χ1) is 10.2. The van der Waals surface area contributed by atoms with E-state index < -0.39 is 0 Å². The number of nitrogens with zero attached hydrogens (tertiary/aromatic N) is 2. The van der Waals surface area contributed by atoms with Crippen molar-refractivity contribution >= 4 is 5.91 Å². The molecule has 0 radical (unpaired) electrons. The van der Waals surface area contributed by atoms with Crippen molar-refractivity contribution in [1.29, 1.82) is 0 Å². The molecule has 3 aliphatic heterocycles. The summed E-state index contributed by atoms with van der Waals surface area (Å²) >= 11 is 0. The Bertz CT molecular complexity index is 359. The maximum absolute atomic E-state index is 13.1. The minimum absolute atomic E-state index is 0.0917. The maximum atomic E-state index is 13.1. The second-order valence-corrected chi connectivity index (χ2v) is 7.25. The van der Waals surface area contributed by atoms with Crippen molar-refractivity contribution < 1.29 is 4.79 Å². The largest absolute Gasteiger partial charge is 0.341 e. The van der Waals surface area contributed by atoms with Crippen LogP contribution in [-0.4, -0.2) is 61.0 Å². The van der Waals surface area contributed by atoms with Crippen LogP contribution >= 0.6 is 0 Å². The number of hydrogen-bond donors (Lipinski definition) is 1. The molecule has 0 spiro atoms. The summed E-state index contributed by atoms with van der Waals surface area (Å²) < 4.78 is 0. The van der Waals surface area contributed by atoms with Crippen LogP contribution in [0.25, 0.3) is 0 Å². The summed E-state index contributed by atoms with van der Waals surface area (Å²) in [4.78, 5) is 17.9. The van der Waals surface area contributed by atoms with Crippen LogP contribution in [0, 0.1) is 5.41 Å². The first kappa shape index (κ1) is 15.3. The lowest BCUT2D eigenvalue weighted by Gasteiger charge is -2.34. The second-order valence-electron chi connectivity index (χ2n) is 7.25. The van der Waals surface area contributed by atoms with E-state index in [4.69, 9.17) is 0 Å². The van der Waals surface area contributed by atoms with Crippen LogP contribution in [0.15, 0.2) is 0 Å². The maximum Gasteiger partial charge on any atom is 0.230 e. The number of piperidine rings is 1. The van der Waals surface area contributed by atoms with Gasteiger partial charge in [-0.1, -0.05) is 19.8 Å². The van der Waals surface area contributed by atoms with Gasteiger partial charge in [0, 0.05) is 25.7 Å². The van der Waals surface area contributed by atoms with Crippen LogP contribution in [0.2, 0.25) is 0 Å². The Morgan fingerprint density at radius 3 is 2.71 bits per heavy atom. The van der Waals surface area contributed by atoms with E-state index in [0.29, 0.717) is 11.9 Å². The minimum atomic E-state index is -0.0917. The van der Waals surface area contributed by atoms with Crippen molar-refractivity contribution in [1.82, 2.24) is 15.1 Å². The molecule has 21 heavy (non-hydrogen) atoms. The third-order valence-corrected chi connectivity index (χ3v) is 5.78. The molecule has 2 atom stereocenters. The smallest absolute Gasteiger partial charge is 0.230 e. The first-order valence-corrected chi connectivity index (χ1v) is 8.99. The van der Waals surface area contributed by atoms with Gasteiger partial charge in [-0.15, -0.1) is 0 Å². The predicted molar refractivity (Wildman–Crippen MR) is 85.2 cm³/mol. The third-order valence-electron chi connectivity index (χ3n) is 5.78. The summed E-state index contributed by atoms with van der Waals surface area (Å²) in [6.45, 7) is 8.55. The molecule has 3 heterocycles. The van der Waals surface area contributed by atoms with Crippen LogP contribution in [0.5, 0.6) is 0 Å². The first-order valence-electron chi connectivity index (χ1n) is 8.99. The van der Waals surface area contributed by atoms with Gasteiger partial charge in [0.2, 0.25) is 5.91 Å². The average molecular weight is 293 g/mol. The molecule has 3 rings (SSSR count). The summed E-state index contributed by atoms with van der Waals surface area (Å²) in [5, 5.41) is 3.42. The van der Waals surface area contributed by atoms with Gasteiger partial charge in [-0.05, 0) is 51.7 Å². The molecule has 3 saturated heterocycles. The number of likely N-dealkylation sites (tertiary alicyclic amines) is 2. The van der Waals surface area contributed by atoms with Gasteiger partial charge in [-0.3, -0.25) is 9.69 Å². The van der Waals surface area contributed by atoms with E-state index in [1.54, 1.807) is 0 Å². The Kier molecular flexibility index (Phi) is 4.85. The van der Waals surface area contributed by atoms with Gasteiger partial charge < -0.3 is 10.2 Å². The average Bonchev–Trinajstić information content (AvgIpc) is 3.18. The van der Waals surface area contributed by atoms with E-state index in [1.807, 2.05) is 0 Å². The van der Waals surface area contributed by atoms with Crippen LogP contribution in [0.4, 0.5) is 0 Å². The van der Waals surface area contributed by atoms with Crippen molar-refractivity contribution in [2.45, 2.75) is 57.9 Å². The number of nitrogens with one attached hydrogen (secondary N) is 1. The fourth-order valence-corrected chi connectivity index (χ4v) is 4.57. The molecular formula is C17H31N3O. The molecule has 0 aromatic rings. The number of hydrogen-bond acceptors (Lipinski definition) is 3. The fourth-order valence-electron chi connectivity index (χ4n) is 4.57. The molecule has 0 aromatic carbocycles. The van der Waals surface area contributed by atoms with E-state index in [-0.39, 0.29) is 5.41 Å². The highest BCUT2D eigenvalue weighted by atomic mass is 16.2. The van der Waals surface area contributed by atoms with Crippen LogP contribution in [-0.2, 0) is 4.79 Å². The Labute approximate surface area is 129 Å². The van der Waals surface area contributed by atoms with Gasteiger partial charge in [-0.25, -0.2) is 0 Å². The third kappa shape index (κ3) is 3.11. The molecule has 0 saturated carbocycles. The topological polar surface area (TPSA) is 35.6 Å². The molecule has 4 heteroatoms. The molecule has 1 N–H and O–H groups in total. The van der Waals surface area contributed by atoms with Gasteiger partial charge in [0.05, 0.1) is 5.41 Å². The van der Waals surface area contributed by atoms with E-state index in [0.717, 1.165) is 45.4 Å². The summed E-state index contributed by atoms with van der Waals surface area (Å²) in [7, 11) is 0. The lowest BCUT2D eigenvalue weighted by molar-refractivity contribution is -0.140. The van der Waals surface area contributed by atoms with Crippen molar-refractivity contribution in [3.8, 4) is 0 Å².